The number of aryl methyl sites for hydroxylation is 1. The molecule has 0 amide bonds. The van der Waals surface area contributed by atoms with E-state index in [4.69, 9.17) is 5.11 Å². The quantitative estimate of drug-likeness (QED) is 0.876. The summed E-state index contributed by atoms with van der Waals surface area (Å²) in [6.45, 7) is 4.36. The third-order valence-corrected chi connectivity index (χ3v) is 3.18. The zero-order valence-electron chi connectivity index (χ0n) is 11.9. The summed E-state index contributed by atoms with van der Waals surface area (Å²) in [4.78, 5) is 23.5. The van der Waals surface area contributed by atoms with Gasteiger partial charge >= 0.3 is 5.97 Å². The minimum Gasteiger partial charge on any atom is -0.477 e. The van der Waals surface area contributed by atoms with Crippen molar-refractivity contribution < 1.29 is 9.90 Å². The van der Waals surface area contributed by atoms with Crippen molar-refractivity contribution in [3.63, 3.8) is 0 Å². The van der Waals surface area contributed by atoms with Gasteiger partial charge in [0.05, 0.1) is 0 Å². The van der Waals surface area contributed by atoms with Gasteiger partial charge in [0, 0.05) is 53.6 Å². The van der Waals surface area contributed by atoms with Gasteiger partial charge in [-0.15, -0.1) is 0 Å². The van der Waals surface area contributed by atoms with Gasteiger partial charge in [-0.1, -0.05) is 30.3 Å². The van der Waals surface area contributed by atoms with Crippen LogP contribution in [-0.2, 0) is 6.54 Å². The number of carboxylic acids is 1. The summed E-state index contributed by atoms with van der Waals surface area (Å²) in [5.41, 5.74) is 1.37. The molecular formula is C15H15NNaO3. The summed E-state index contributed by atoms with van der Waals surface area (Å²) in [7, 11) is 0. The molecule has 0 unspecified atom stereocenters. The molecule has 0 aliphatic carbocycles. The van der Waals surface area contributed by atoms with Crippen LogP contribution in [0.4, 0.5) is 0 Å². The molecule has 20 heavy (non-hydrogen) atoms. The van der Waals surface area contributed by atoms with E-state index in [2.05, 4.69) is 0 Å². The van der Waals surface area contributed by atoms with Gasteiger partial charge in [-0.3, -0.25) is 4.79 Å². The molecule has 5 heteroatoms. The summed E-state index contributed by atoms with van der Waals surface area (Å²) in [5.74, 6) is -1.19. The summed E-state index contributed by atoms with van der Waals surface area (Å²) >= 11 is 0. The summed E-state index contributed by atoms with van der Waals surface area (Å²) in [5, 5.41) is 9.13. The Kier molecular flexibility index (Phi) is 5.74. The van der Waals surface area contributed by atoms with E-state index in [9.17, 15) is 9.59 Å². The van der Waals surface area contributed by atoms with Crippen molar-refractivity contribution >= 4 is 35.5 Å². The molecular weight excluding hydrogens is 265 g/mol. The predicted molar refractivity (Wildman–Crippen MR) is 79.3 cm³/mol. The second-order valence-corrected chi connectivity index (χ2v) is 4.29. The minimum atomic E-state index is -1.19. The van der Waals surface area contributed by atoms with Crippen LogP contribution in [0.2, 0.25) is 0 Å². The molecule has 2 aromatic rings. The van der Waals surface area contributed by atoms with Crippen LogP contribution >= 0.6 is 0 Å². The molecule has 0 bridgehead atoms. The van der Waals surface area contributed by atoms with Crippen molar-refractivity contribution in [3.8, 4) is 11.1 Å². The second-order valence-electron chi connectivity index (χ2n) is 4.29. The standard InChI is InChI=1S/C15H15NO3.Na/c1-3-16-9-12(15(18)19)14(17)13(10(16)2)11-7-5-4-6-8-11;/h4-9H,3H2,1-2H3,(H,18,19);. The molecule has 0 saturated carbocycles. The molecule has 99 valence electrons. The Labute approximate surface area is 139 Å². The molecule has 0 atom stereocenters. The van der Waals surface area contributed by atoms with Crippen LogP contribution in [0, 0.1) is 6.92 Å². The largest absolute Gasteiger partial charge is 0.477 e. The van der Waals surface area contributed by atoms with E-state index in [1.807, 2.05) is 44.2 Å². The number of hydrogen-bond donors (Lipinski definition) is 1. The SMILES string of the molecule is CCn1cc(C(=O)O)c(=O)c(-c2ccccc2)c1C.[Na]. The van der Waals surface area contributed by atoms with Gasteiger partial charge in [0.25, 0.3) is 0 Å². The molecule has 1 aromatic carbocycles. The van der Waals surface area contributed by atoms with E-state index in [1.165, 1.54) is 6.20 Å². The zero-order valence-corrected chi connectivity index (χ0v) is 13.9. The number of carbonyl (C=O) groups is 1. The van der Waals surface area contributed by atoms with Crippen molar-refractivity contribution in [2.75, 3.05) is 0 Å². The van der Waals surface area contributed by atoms with Gasteiger partial charge in [0.2, 0.25) is 5.43 Å². The number of pyridine rings is 1. The Morgan fingerprint density at radius 2 is 1.85 bits per heavy atom. The Hall–Kier alpha value is -1.36. The molecule has 0 aliphatic rings. The Bertz CT molecular complexity index is 678. The van der Waals surface area contributed by atoms with Gasteiger partial charge in [0.15, 0.2) is 0 Å². The van der Waals surface area contributed by atoms with Crippen LogP contribution in [0.5, 0.6) is 0 Å². The van der Waals surface area contributed by atoms with Gasteiger partial charge < -0.3 is 9.67 Å². The Morgan fingerprint density at radius 3 is 2.35 bits per heavy atom. The fourth-order valence-corrected chi connectivity index (χ4v) is 2.18. The number of carboxylic acid groups (broad SMARTS) is 1. The summed E-state index contributed by atoms with van der Waals surface area (Å²) in [6.07, 6.45) is 1.41. The first-order chi connectivity index (χ1) is 9.06. The maximum atomic E-state index is 12.3. The molecule has 0 aliphatic heterocycles. The van der Waals surface area contributed by atoms with Crippen molar-refractivity contribution in [1.82, 2.24) is 4.57 Å². The van der Waals surface area contributed by atoms with E-state index < -0.39 is 11.4 Å². The number of rotatable bonds is 3. The number of benzene rings is 1. The fourth-order valence-electron chi connectivity index (χ4n) is 2.18. The smallest absolute Gasteiger partial charge is 0.341 e. The van der Waals surface area contributed by atoms with Crippen LogP contribution in [0.3, 0.4) is 0 Å². The van der Waals surface area contributed by atoms with Crippen molar-refractivity contribution in [2.45, 2.75) is 20.4 Å². The monoisotopic (exact) mass is 280 g/mol. The molecule has 0 spiro atoms. The Morgan fingerprint density at radius 1 is 1.25 bits per heavy atom. The molecule has 1 heterocycles. The maximum absolute atomic E-state index is 12.3. The molecule has 2 rings (SSSR count). The Balaban J connectivity index is 0.00000200. The average molecular weight is 280 g/mol. The maximum Gasteiger partial charge on any atom is 0.341 e. The average Bonchev–Trinajstić information content (AvgIpc) is 2.40. The van der Waals surface area contributed by atoms with Crippen LogP contribution in [-0.4, -0.2) is 45.2 Å². The predicted octanol–water partition coefficient (Wildman–Crippen LogP) is 2.16. The van der Waals surface area contributed by atoms with E-state index in [1.54, 1.807) is 4.57 Å². The molecule has 0 fully saturated rings. The third-order valence-electron chi connectivity index (χ3n) is 3.18. The first-order valence-electron chi connectivity index (χ1n) is 6.09. The number of aromatic nitrogens is 1. The molecule has 1 N–H and O–H groups in total. The van der Waals surface area contributed by atoms with Crippen molar-refractivity contribution in [1.29, 1.82) is 0 Å². The number of hydrogen-bond acceptors (Lipinski definition) is 2. The third kappa shape index (κ3) is 3.03. The van der Waals surface area contributed by atoms with Gasteiger partial charge in [-0.2, -0.15) is 0 Å². The van der Waals surface area contributed by atoms with Crippen LogP contribution < -0.4 is 5.43 Å². The number of aromatic carboxylic acids is 1. The second kappa shape index (κ2) is 6.88. The van der Waals surface area contributed by atoms with E-state index in [0.29, 0.717) is 12.1 Å². The van der Waals surface area contributed by atoms with Crippen molar-refractivity contribution in [2.24, 2.45) is 0 Å². The number of nitrogens with zero attached hydrogens (tertiary/aromatic N) is 1. The van der Waals surface area contributed by atoms with Crippen LogP contribution in [0.1, 0.15) is 23.0 Å². The van der Waals surface area contributed by atoms with Gasteiger partial charge in [-0.05, 0) is 19.4 Å². The minimum absolute atomic E-state index is 0. The van der Waals surface area contributed by atoms with Crippen LogP contribution in [0.15, 0.2) is 41.3 Å². The fraction of sp³-hybridized carbons (Fsp3) is 0.200. The summed E-state index contributed by atoms with van der Waals surface area (Å²) < 4.78 is 1.78. The molecule has 1 aromatic heterocycles. The normalized spacial score (nSPS) is 9.90. The summed E-state index contributed by atoms with van der Waals surface area (Å²) in [6, 6.07) is 9.15. The van der Waals surface area contributed by atoms with Crippen LogP contribution in [0.25, 0.3) is 11.1 Å². The van der Waals surface area contributed by atoms with Gasteiger partial charge in [0.1, 0.15) is 5.56 Å². The topological polar surface area (TPSA) is 59.3 Å². The van der Waals surface area contributed by atoms with Crippen molar-refractivity contribution in [3.05, 3.63) is 58.0 Å². The molecule has 4 nitrogen and oxygen atoms in total. The molecule has 1 radical (unpaired) electrons. The van der Waals surface area contributed by atoms with E-state index in [-0.39, 0.29) is 35.1 Å². The first kappa shape index (κ1) is 16.7. The van der Waals surface area contributed by atoms with Gasteiger partial charge in [-0.25, -0.2) is 4.79 Å². The first-order valence-corrected chi connectivity index (χ1v) is 6.09. The zero-order chi connectivity index (χ0) is 14.0. The van der Waals surface area contributed by atoms with E-state index >= 15 is 0 Å². The van der Waals surface area contributed by atoms with E-state index in [0.717, 1.165) is 11.3 Å². The molecule has 0 saturated heterocycles.